The van der Waals surface area contributed by atoms with E-state index >= 15 is 0 Å². The maximum atomic E-state index is 11.9. The Morgan fingerprint density at radius 3 is 2.71 bits per heavy atom. The van der Waals surface area contributed by atoms with E-state index in [1.807, 2.05) is 43.5 Å². The van der Waals surface area contributed by atoms with Gasteiger partial charge in [-0.2, -0.15) is 5.10 Å². The Morgan fingerprint density at radius 1 is 1.29 bits per heavy atom. The van der Waals surface area contributed by atoms with Gasteiger partial charge in [-0.1, -0.05) is 6.07 Å². The standard InChI is InChI=1S/C15H14N4OS/c1-10-8-11(2)19(18-10)14-6-5-12(9-16-14)17-15(20)13-4-3-7-21-13/h3-9H,1-2H3,(H,17,20). The van der Waals surface area contributed by atoms with E-state index < -0.39 is 0 Å². The summed E-state index contributed by atoms with van der Waals surface area (Å²) in [6, 6.07) is 9.29. The summed E-state index contributed by atoms with van der Waals surface area (Å²) in [6.45, 7) is 3.92. The Hall–Kier alpha value is -2.47. The highest BCUT2D eigenvalue weighted by atomic mass is 32.1. The summed E-state index contributed by atoms with van der Waals surface area (Å²) in [4.78, 5) is 17.0. The first-order valence-corrected chi connectivity index (χ1v) is 7.36. The molecule has 0 fully saturated rings. The van der Waals surface area contributed by atoms with Crippen LogP contribution in [0.25, 0.3) is 5.82 Å². The number of hydrogen-bond donors (Lipinski definition) is 1. The van der Waals surface area contributed by atoms with Crippen LogP contribution in [0.2, 0.25) is 0 Å². The molecule has 6 heteroatoms. The Kier molecular flexibility index (Phi) is 3.53. The number of anilines is 1. The molecule has 1 amide bonds. The maximum Gasteiger partial charge on any atom is 0.265 e. The summed E-state index contributed by atoms with van der Waals surface area (Å²) in [6.07, 6.45) is 1.64. The first-order valence-electron chi connectivity index (χ1n) is 6.48. The summed E-state index contributed by atoms with van der Waals surface area (Å²) in [5, 5.41) is 9.08. The van der Waals surface area contributed by atoms with Gasteiger partial charge in [0.25, 0.3) is 5.91 Å². The topological polar surface area (TPSA) is 59.8 Å². The van der Waals surface area contributed by atoms with Gasteiger partial charge in [-0.3, -0.25) is 4.79 Å². The number of amides is 1. The summed E-state index contributed by atoms with van der Waals surface area (Å²) < 4.78 is 1.78. The molecule has 1 N–H and O–H groups in total. The van der Waals surface area contributed by atoms with Gasteiger partial charge in [-0.15, -0.1) is 11.3 Å². The molecule has 0 radical (unpaired) electrons. The highest BCUT2D eigenvalue weighted by Gasteiger charge is 2.08. The Labute approximate surface area is 126 Å². The molecule has 0 saturated carbocycles. The van der Waals surface area contributed by atoms with Crippen LogP contribution in [0.5, 0.6) is 0 Å². The molecule has 0 unspecified atom stereocenters. The Balaban J connectivity index is 1.78. The van der Waals surface area contributed by atoms with Gasteiger partial charge >= 0.3 is 0 Å². The van der Waals surface area contributed by atoms with Crippen LogP contribution in [0.4, 0.5) is 5.69 Å². The van der Waals surface area contributed by atoms with Crippen molar-refractivity contribution in [1.29, 1.82) is 0 Å². The maximum absolute atomic E-state index is 11.9. The number of aromatic nitrogens is 3. The number of nitrogens with zero attached hydrogens (tertiary/aromatic N) is 3. The van der Waals surface area contributed by atoms with Crippen LogP contribution in [0.1, 0.15) is 21.1 Å². The van der Waals surface area contributed by atoms with Gasteiger partial charge in [-0.05, 0) is 43.5 Å². The second kappa shape index (κ2) is 5.49. The zero-order chi connectivity index (χ0) is 14.8. The monoisotopic (exact) mass is 298 g/mol. The van der Waals surface area contributed by atoms with Crippen molar-refractivity contribution in [3.8, 4) is 5.82 Å². The predicted octanol–water partition coefficient (Wildman–Crippen LogP) is 3.20. The highest BCUT2D eigenvalue weighted by molar-refractivity contribution is 7.12. The van der Waals surface area contributed by atoms with Crippen molar-refractivity contribution >= 4 is 22.9 Å². The number of pyridine rings is 1. The van der Waals surface area contributed by atoms with Crippen LogP contribution < -0.4 is 5.32 Å². The molecule has 0 spiro atoms. The van der Waals surface area contributed by atoms with Crippen LogP contribution >= 0.6 is 11.3 Å². The average molecular weight is 298 g/mol. The van der Waals surface area contributed by atoms with Crippen LogP contribution in [-0.4, -0.2) is 20.7 Å². The lowest BCUT2D eigenvalue weighted by Crippen LogP contribution is -2.10. The van der Waals surface area contributed by atoms with Crippen molar-refractivity contribution < 1.29 is 4.79 Å². The first-order chi connectivity index (χ1) is 10.1. The van der Waals surface area contributed by atoms with E-state index in [-0.39, 0.29) is 5.91 Å². The van der Waals surface area contributed by atoms with E-state index in [1.165, 1.54) is 11.3 Å². The van der Waals surface area contributed by atoms with E-state index in [2.05, 4.69) is 15.4 Å². The number of rotatable bonds is 3. The number of thiophene rings is 1. The number of carbonyl (C=O) groups excluding carboxylic acids is 1. The second-order valence-corrected chi connectivity index (χ2v) is 5.62. The lowest BCUT2D eigenvalue weighted by atomic mass is 10.3. The number of carbonyl (C=O) groups is 1. The minimum atomic E-state index is -0.120. The van der Waals surface area contributed by atoms with Crippen LogP contribution in [0, 0.1) is 13.8 Å². The summed E-state index contributed by atoms with van der Waals surface area (Å²) in [5.74, 6) is 0.611. The smallest absolute Gasteiger partial charge is 0.265 e. The largest absolute Gasteiger partial charge is 0.320 e. The summed E-state index contributed by atoms with van der Waals surface area (Å²) >= 11 is 1.41. The zero-order valence-electron chi connectivity index (χ0n) is 11.7. The lowest BCUT2D eigenvalue weighted by molar-refractivity contribution is 0.103. The normalized spacial score (nSPS) is 10.6. The second-order valence-electron chi connectivity index (χ2n) is 4.68. The van der Waals surface area contributed by atoms with E-state index in [4.69, 9.17) is 0 Å². The van der Waals surface area contributed by atoms with Crippen molar-refractivity contribution in [3.63, 3.8) is 0 Å². The zero-order valence-corrected chi connectivity index (χ0v) is 12.5. The molecule has 0 aliphatic rings. The quantitative estimate of drug-likeness (QED) is 0.807. The third-order valence-corrected chi connectivity index (χ3v) is 3.85. The summed E-state index contributed by atoms with van der Waals surface area (Å²) in [7, 11) is 0. The Morgan fingerprint density at radius 2 is 2.14 bits per heavy atom. The Bertz CT molecular complexity index is 760. The number of nitrogens with one attached hydrogen (secondary N) is 1. The van der Waals surface area contributed by atoms with Crippen LogP contribution in [0.3, 0.4) is 0 Å². The minimum absolute atomic E-state index is 0.120. The molecule has 0 aliphatic carbocycles. The molecule has 3 heterocycles. The number of aryl methyl sites for hydroxylation is 2. The fourth-order valence-corrected chi connectivity index (χ4v) is 2.67. The fraction of sp³-hybridized carbons (Fsp3) is 0.133. The molecule has 0 bridgehead atoms. The molecule has 3 aromatic heterocycles. The molecular weight excluding hydrogens is 284 g/mol. The first kappa shape index (κ1) is 13.5. The van der Waals surface area contributed by atoms with E-state index in [0.29, 0.717) is 10.6 Å². The number of hydrogen-bond acceptors (Lipinski definition) is 4. The van der Waals surface area contributed by atoms with Crippen molar-refractivity contribution in [2.45, 2.75) is 13.8 Å². The lowest BCUT2D eigenvalue weighted by Gasteiger charge is -2.06. The van der Waals surface area contributed by atoms with Crippen molar-refractivity contribution in [2.24, 2.45) is 0 Å². The van der Waals surface area contributed by atoms with E-state index in [0.717, 1.165) is 17.2 Å². The van der Waals surface area contributed by atoms with Crippen molar-refractivity contribution in [1.82, 2.24) is 14.8 Å². The highest BCUT2D eigenvalue weighted by Crippen LogP contribution is 2.15. The van der Waals surface area contributed by atoms with Crippen molar-refractivity contribution in [2.75, 3.05) is 5.32 Å². The van der Waals surface area contributed by atoms with Gasteiger partial charge in [0.15, 0.2) is 5.82 Å². The molecule has 21 heavy (non-hydrogen) atoms. The van der Waals surface area contributed by atoms with Gasteiger partial charge in [0.05, 0.1) is 22.5 Å². The molecule has 3 aromatic rings. The third-order valence-electron chi connectivity index (χ3n) is 2.98. The predicted molar refractivity (Wildman–Crippen MR) is 83.1 cm³/mol. The summed E-state index contributed by atoms with van der Waals surface area (Å²) in [5.41, 5.74) is 2.64. The fourth-order valence-electron chi connectivity index (χ4n) is 2.05. The molecular formula is C15H14N4OS. The molecule has 0 atom stereocenters. The molecule has 3 rings (SSSR count). The van der Waals surface area contributed by atoms with Crippen LogP contribution in [-0.2, 0) is 0 Å². The SMILES string of the molecule is Cc1cc(C)n(-c2ccc(NC(=O)c3cccs3)cn2)n1. The van der Waals surface area contributed by atoms with Gasteiger partial charge in [0.2, 0.25) is 0 Å². The molecule has 5 nitrogen and oxygen atoms in total. The molecule has 0 aliphatic heterocycles. The van der Waals surface area contributed by atoms with Gasteiger partial charge < -0.3 is 5.32 Å². The third kappa shape index (κ3) is 2.85. The molecule has 0 aromatic carbocycles. The van der Waals surface area contributed by atoms with Crippen molar-refractivity contribution in [3.05, 3.63) is 58.2 Å². The molecule has 0 saturated heterocycles. The van der Waals surface area contributed by atoms with Gasteiger partial charge in [0.1, 0.15) is 0 Å². The van der Waals surface area contributed by atoms with Gasteiger partial charge in [0, 0.05) is 5.69 Å². The van der Waals surface area contributed by atoms with Crippen LogP contribution in [0.15, 0.2) is 41.9 Å². The average Bonchev–Trinajstić information content (AvgIpc) is 3.09. The molecule has 106 valence electrons. The van der Waals surface area contributed by atoms with Gasteiger partial charge in [-0.25, -0.2) is 9.67 Å². The van der Waals surface area contributed by atoms with E-state index in [1.54, 1.807) is 16.9 Å². The van der Waals surface area contributed by atoms with E-state index in [9.17, 15) is 4.79 Å². The minimum Gasteiger partial charge on any atom is -0.320 e.